The van der Waals surface area contributed by atoms with Gasteiger partial charge in [-0.15, -0.1) is 0 Å². The molecule has 0 atom stereocenters. The van der Waals surface area contributed by atoms with Gasteiger partial charge in [-0.05, 0) is 49.2 Å². The molecule has 0 unspecified atom stereocenters. The van der Waals surface area contributed by atoms with Crippen LogP contribution in [0.25, 0.3) is 6.08 Å². The summed E-state index contributed by atoms with van der Waals surface area (Å²) in [4.78, 5) is 16.3. The largest absolute Gasteiger partial charge is 0.450 e. The molecule has 1 aromatic carbocycles. The summed E-state index contributed by atoms with van der Waals surface area (Å²) >= 11 is 14.3. The van der Waals surface area contributed by atoms with Crippen LogP contribution < -0.4 is 0 Å². The average Bonchev–Trinajstić information content (AvgIpc) is 3.22. The number of hydrogen-bond donors (Lipinski definition) is 0. The van der Waals surface area contributed by atoms with Gasteiger partial charge in [0.25, 0.3) is 5.91 Å². The van der Waals surface area contributed by atoms with E-state index in [4.69, 9.17) is 28.2 Å². The lowest BCUT2D eigenvalue weighted by molar-refractivity contribution is -0.124. The maximum Gasteiger partial charge on any atom is 0.266 e. The monoisotopic (exact) mass is 435 g/mol. The lowest BCUT2D eigenvalue weighted by atomic mass is 9.94. The van der Waals surface area contributed by atoms with E-state index in [1.54, 1.807) is 6.08 Å². The molecule has 1 aliphatic carbocycles. The highest BCUT2D eigenvalue weighted by Gasteiger charge is 2.37. The number of amides is 1. The Balaban J connectivity index is 1.47. The summed E-state index contributed by atoms with van der Waals surface area (Å²) in [6, 6.07) is 11.6. The van der Waals surface area contributed by atoms with Crippen LogP contribution >= 0.6 is 47.3 Å². The predicted molar refractivity (Wildman–Crippen MR) is 116 cm³/mol. The number of carbonyl (C=O) groups is 1. The Kier molecular flexibility index (Phi) is 5.97. The van der Waals surface area contributed by atoms with Gasteiger partial charge >= 0.3 is 0 Å². The Morgan fingerprint density at radius 1 is 1.15 bits per heavy atom. The molecule has 2 heterocycles. The van der Waals surface area contributed by atoms with Crippen LogP contribution in [0.1, 0.15) is 37.9 Å². The molecule has 2 aromatic rings. The maximum atomic E-state index is 12.8. The Hall–Kier alpha value is -1.21. The molecule has 0 radical (unpaired) electrons. The van der Waals surface area contributed by atoms with E-state index < -0.39 is 0 Å². The highest BCUT2D eigenvalue weighted by Crippen LogP contribution is 2.38. The van der Waals surface area contributed by atoms with Crippen LogP contribution in [0.4, 0.5) is 0 Å². The Morgan fingerprint density at radius 3 is 2.63 bits per heavy atom. The van der Waals surface area contributed by atoms with Crippen molar-refractivity contribution in [3.63, 3.8) is 0 Å². The molecule has 0 N–H and O–H groups in total. The molecule has 1 saturated carbocycles. The van der Waals surface area contributed by atoms with Crippen LogP contribution in [0.2, 0.25) is 5.02 Å². The predicted octanol–water partition coefficient (Wildman–Crippen LogP) is 6.62. The van der Waals surface area contributed by atoms with Gasteiger partial charge in [0.05, 0.1) is 4.91 Å². The first-order valence-electron chi connectivity index (χ1n) is 8.90. The van der Waals surface area contributed by atoms with Crippen molar-refractivity contribution in [2.24, 2.45) is 0 Å². The van der Waals surface area contributed by atoms with Crippen molar-refractivity contribution in [3.8, 4) is 0 Å². The van der Waals surface area contributed by atoms with Gasteiger partial charge < -0.3 is 4.42 Å². The zero-order chi connectivity index (χ0) is 18.8. The van der Waals surface area contributed by atoms with Crippen molar-refractivity contribution in [3.05, 3.63) is 52.1 Å². The molecule has 4 rings (SSSR count). The highest BCUT2D eigenvalue weighted by molar-refractivity contribution is 8.26. The molecule has 27 heavy (non-hydrogen) atoms. The second-order valence-electron chi connectivity index (χ2n) is 6.56. The fraction of sp³-hybridized carbons (Fsp3) is 0.300. The van der Waals surface area contributed by atoms with Gasteiger partial charge in [-0.3, -0.25) is 9.69 Å². The summed E-state index contributed by atoms with van der Waals surface area (Å²) in [6.07, 6.45) is 7.48. The van der Waals surface area contributed by atoms with Gasteiger partial charge in [-0.25, -0.2) is 0 Å². The van der Waals surface area contributed by atoms with Crippen LogP contribution in [0.15, 0.2) is 55.7 Å². The fourth-order valence-corrected chi connectivity index (χ4v) is 5.63. The van der Waals surface area contributed by atoms with E-state index >= 15 is 0 Å². The quantitative estimate of drug-likeness (QED) is 0.398. The van der Waals surface area contributed by atoms with E-state index in [-0.39, 0.29) is 11.9 Å². The minimum atomic E-state index is 0.0141. The highest BCUT2D eigenvalue weighted by atomic mass is 35.5. The van der Waals surface area contributed by atoms with E-state index in [0.29, 0.717) is 20.0 Å². The number of thiocarbonyl (C=S) groups is 1. The molecule has 0 bridgehead atoms. The second-order valence-corrected chi connectivity index (χ2v) is 9.75. The molecule has 1 aromatic heterocycles. The third-order valence-electron chi connectivity index (χ3n) is 4.67. The molecule has 3 nitrogen and oxygen atoms in total. The average molecular weight is 436 g/mol. The normalized spacial score (nSPS) is 20.0. The van der Waals surface area contributed by atoms with Gasteiger partial charge in [0.15, 0.2) is 5.09 Å². The van der Waals surface area contributed by atoms with E-state index in [0.717, 1.165) is 22.8 Å². The summed E-state index contributed by atoms with van der Waals surface area (Å²) in [5, 5.41) is 1.48. The van der Waals surface area contributed by atoms with Crippen LogP contribution in [0, 0.1) is 0 Å². The molecule has 1 aliphatic heterocycles. The number of thioether (sulfide) groups is 1. The zero-order valence-electron chi connectivity index (χ0n) is 14.5. The maximum absolute atomic E-state index is 12.8. The molecule has 1 saturated heterocycles. The fourth-order valence-electron chi connectivity index (χ4n) is 3.35. The first-order chi connectivity index (χ1) is 13.1. The molecule has 2 fully saturated rings. The van der Waals surface area contributed by atoms with Gasteiger partial charge in [0.1, 0.15) is 10.1 Å². The molecule has 1 amide bonds. The van der Waals surface area contributed by atoms with E-state index in [1.807, 2.05) is 41.3 Å². The molecular weight excluding hydrogens is 418 g/mol. The summed E-state index contributed by atoms with van der Waals surface area (Å²) in [5.74, 6) is 0.677. The lowest BCUT2D eigenvalue weighted by Crippen LogP contribution is -2.39. The summed E-state index contributed by atoms with van der Waals surface area (Å²) < 4.78 is 6.54. The Morgan fingerprint density at radius 2 is 1.89 bits per heavy atom. The molecular formula is C20H18ClNO2S3. The Labute approximate surface area is 177 Å². The summed E-state index contributed by atoms with van der Waals surface area (Å²) in [7, 11) is 0. The van der Waals surface area contributed by atoms with Gasteiger partial charge in [0, 0.05) is 22.0 Å². The molecule has 7 heteroatoms. The van der Waals surface area contributed by atoms with Crippen molar-refractivity contribution < 1.29 is 9.21 Å². The second kappa shape index (κ2) is 8.43. The van der Waals surface area contributed by atoms with Gasteiger partial charge in [-0.2, -0.15) is 0 Å². The number of rotatable bonds is 4. The molecule has 140 valence electrons. The van der Waals surface area contributed by atoms with Crippen molar-refractivity contribution in [1.82, 2.24) is 4.90 Å². The molecule has 2 aliphatic rings. The van der Waals surface area contributed by atoms with Gasteiger partial charge in [0.2, 0.25) is 0 Å². The van der Waals surface area contributed by atoms with Crippen molar-refractivity contribution >= 4 is 63.6 Å². The van der Waals surface area contributed by atoms with Crippen LogP contribution in [0.5, 0.6) is 0 Å². The minimum Gasteiger partial charge on any atom is -0.450 e. The smallest absolute Gasteiger partial charge is 0.266 e. The van der Waals surface area contributed by atoms with Gasteiger partial charge in [-0.1, -0.05) is 66.6 Å². The van der Waals surface area contributed by atoms with Crippen LogP contribution in [-0.4, -0.2) is 21.2 Å². The van der Waals surface area contributed by atoms with Crippen molar-refractivity contribution in [1.29, 1.82) is 0 Å². The standard InChI is InChI=1S/C20H18ClNO2S3/c21-13-6-9-16(10-7-13)26-18-11-8-15(24-18)12-17-19(23)22(20(25)27-17)14-4-2-1-3-5-14/h6-12,14H,1-5H2. The van der Waals surface area contributed by atoms with E-state index in [9.17, 15) is 4.79 Å². The molecule has 0 spiro atoms. The SMILES string of the molecule is O=C1C(=Cc2ccc(Sc3ccc(Cl)cc3)o2)SC(=S)N1C1CCCCC1. The van der Waals surface area contributed by atoms with E-state index in [2.05, 4.69) is 0 Å². The Bertz CT molecular complexity index is 885. The number of hydrogen-bond acceptors (Lipinski definition) is 5. The van der Waals surface area contributed by atoms with E-state index in [1.165, 1.54) is 42.8 Å². The minimum absolute atomic E-state index is 0.0141. The zero-order valence-corrected chi connectivity index (χ0v) is 17.7. The number of benzene rings is 1. The third-order valence-corrected chi connectivity index (χ3v) is 7.18. The summed E-state index contributed by atoms with van der Waals surface area (Å²) in [5.41, 5.74) is 0. The summed E-state index contributed by atoms with van der Waals surface area (Å²) in [6.45, 7) is 0. The van der Waals surface area contributed by atoms with Crippen LogP contribution in [0.3, 0.4) is 0 Å². The first kappa shape index (κ1) is 19.1. The number of furan rings is 1. The number of carbonyl (C=O) groups excluding carboxylic acids is 1. The van der Waals surface area contributed by atoms with Crippen LogP contribution in [-0.2, 0) is 4.79 Å². The topological polar surface area (TPSA) is 33.5 Å². The first-order valence-corrected chi connectivity index (χ1v) is 11.3. The lowest BCUT2D eigenvalue weighted by Gasteiger charge is -2.29. The van der Waals surface area contributed by atoms with Crippen molar-refractivity contribution in [2.45, 2.75) is 48.1 Å². The number of halogens is 1. The van der Waals surface area contributed by atoms with Crippen molar-refractivity contribution in [2.75, 3.05) is 0 Å². The third kappa shape index (κ3) is 4.45. The number of nitrogens with zero attached hydrogens (tertiary/aromatic N) is 1.